The van der Waals surface area contributed by atoms with E-state index in [1.807, 2.05) is 13.1 Å². The number of hydrogen-bond donors (Lipinski definition) is 3. The lowest BCUT2D eigenvalue weighted by Gasteiger charge is -2.28. The number of nitrogens with two attached hydrogens (primary N) is 1. The Morgan fingerprint density at radius 1 is 1.28 bits per heavy atom. The van der Waals surface area contributed by atoms with E-state index in [-0.39, 0.29) is 0 Å². The van der Waals surface area contributed by atoms with Crippen LogP contribution in [0.4, 0.5) is 17.6 Å². The molecule has 0 aliphatic heterocycles. The number of nitrogens with zero attached hydrogens (tertiary/aromatic N) is 2. The molecule has 1 aliphatic rings. The molecule has 0 bridgehead atoms. The van der Waals surface area contributed by atoms with Gasteiger partial charge >= 0.3 is 0 Å². The van der Waals surface area contributed by atoms with Crippen LogP contribution < -0.4 is 16.4 Å². The highest BCUT2D eigenvalue weighted by Gasteiger charge is 2.31. The van der Waals surface area contributed by atoms with E-state index in [1.165, 1.54) is 32.1 Å². The molecule has 0 spiro atoms. The third-order valence-electron chi connectivity index (χ3n) is 4.06. The molecule has 1 aliphatic carbocycles. The smallest absolute Gasteiger partial charge is 0.223 e. The first-order chi connectivity index (χ1) is 8.67. The molecule has 0 atom stereocenters. The standard InChI is InChI=1S/C13H23N5/c1-3-13(6-4-5-7-13)9-16-11-8-10(15-2)17-12(14)18-11/h8H,3-7,9H2,1-2H3,(H4,14,15,16,17,18). The molecule has 5 nitrogen and oxygen atoms in total. The molecule has 100 valence electrons. The van der Waals surface area contributed by atoms with Gasteiger partial charge in [-0.15, -0.1) is 0 Å². The second-order valence-corrected chi connectivity index (χ2v) is 5.16. The first-order valence-corrected chi connectivity index (χ1v) is 6.74. The molecule has 0 unspecified atom stereocenters. The summed E-state index contributed by atoms with van der Waals surface area (Å²) in [5.74, 6) is 1.87. The predicted molar refractivity (Wildman–Crippen MR) is 75.7 cm³/mol. The third-order valence-corrected chi connectivity index (χ3v) is 4.06. The zero-order valence-electron chi connectivity index (χ0n) is 11.3. The monoisotopic (exact) mass is 249 g/mol. The van der Waals surface area contributed by atoms with Crippen LogP contribution in [0, 0.1) is 5.41 Å². The van der Waals surface area contributed by atoms with Crippen LogP contribution in [0.15, 0.2) is 6.07 Å². The molecule has 1 fully saturated rings. The van der Waals surface area contributed by atoms with Crippen molar-refractivity contribution < 1.29 is 0 Å². The molecule has 0 aromatic carbocycles. The van der Waals surface area contributed by atoms with E-state index in [9.17, 15) is 0 Å². The molecule has 4 N–H and O–H groups in total. The summed E-state index contributed by atoms with van der Waals surface area (Å²) in [4.78, 5) is 8.31. The van der Waals surface area contributed by atoms with Crippen molar-refractivity contribution in [1.29, 1.82) is 0 Å². The average molecular weight is 249 g/mol. The van der Waals surface area contributed by atoms with Crippen molar-refractivity contribution >= 4 is 17.6 Å². The molecule has 5 heteroatoms. The van der Waals surface area contributed by atoms with Crippen molar-refractivity contribution in [3.8, 4) is 0 Å². The Morgan fingerprint density at radius 3 is 2.56 bits per heavy atom. The van der Waals surface area contributed by atoms with Crippen molar-refractivity contribution in [1.82, 2.24) is 9.97 Å². The number of nitrogens with one attached hydrogen (secondary N) is 2. The Hall–Kier alpha value is -1.52. The summed E-state index contributed by atoms with van der Waals surface area (Å²) in [6.45, 7) is 3.25. The van der Waals surface area contributed by atoms with Gasteiger partial charge in [-0.2, -0.15) is 9.97 Å². The van der Waals surface area contributed by atoms with Crippen LogP contribution in [-0.4, -0.2) is 23.6 Å². The average Bonchev–Trinajstić information content (AvgIpc) is 2.85. The Balaban J connectivity index is 2.03. The molecular weight excluding hydrogens is 226 g/mol. The van der Waals surface area contributed by atoms with Gasteiger partial charge < -0.3 is 16.4 Å². The van der Waals surface area contributed by atoms with Gasteiger partial charge in [-0.3, -0.25) is 0 Å². The first-order valence-electron chi connectivity index (χ1n) is 6.74. The molecule has 1 aromatic heterocycles. The molecule has 1 heterocycles. The van der Waals surface area contributed by atoms with Gasteiger partial charge in [0, 0.05) is 19.7 Å². The lowest BCUT2D eigenvalue weighted by molar-refractivity contribution is 0.306. The van der Waals surface area contributed by atoms with Crippen molar-refractivity contribution in [3.05, 3.63) is 6.07 Å². The van der Waals surface area contributed by atoms with E-state index < -0.39 is 0 Å². The van der Waals surface area contributed by atoms with Gasteiger partial charge in [0.15, 0.2) is 0 Å². The van der Waals surface area contributed by atoms with Crippen LogP contribution in [0.1, 0.15) is 39.0 Å². The normalized spacial score (nSPS) is 17.7. The Kier molecular flexibility index (Phi) is 3.89. The summed E-state index contributed by atoms with van der Waals surface area (Å²) in [5, 5.41) is 6.41. The van der Waals surface area contributed by atoms with E-state index in [0.717, 1.165) is 18.2 Å². The highest BCUT2D eigenvalue weighted by Crippen LogP contribution is 2.40. The molecule has 18 heavy (non-hydrogen) atoms. The fourth-order valence-corrected chi connectivity index (χ4v) is 2.74. The van der Waals surface area contributed by atoms with Crippen LogP contribution in [0.3, 0.4) is 0 Å². The van der Waals surface area contributed by atoms with Crippen LogP contribution in [0.2, 0.25) is 0 Å². The summed E-state index contributed by atoms with van der Waals surface area (Å²) in [7, 11) is 1.83. The summed E-state index contributed by atoms with van der Waals surface area (Å²) < 4.78 is 0. The minimum atomic E-state index is 0.307. The summed E-state index contributed by atoms with van der Waals surface area (Å²) in [6, 6.07) is 1.90. The van der Waals surface area contributed by atoms with Gasteiger partial charge in [0.25, 0.3) is 0 Å². The number of rotatable bonds is 5. The van der Waals surface area contributed by atoms with Gasteiger partial charge in [0.2, 0.25) is 5.95 Å². The Labute approximate surface area is 109 Å². The molecule has 1 aromatic rings. The Bertz CT molecular complexity index is 398. The van der Waals surface area contributed by atoms with Crippen LogP contribution in [0.25, 0.3) is 0 Å². The summed E-state index contributed by atoms with van der Waals surface area (Å²) in [5.41, 5.74) is 6.13. The van der Waals surface area contributed by atoms with Gasteiger partial charge in [-0.05, 0) is 24.7 Å². The van der Waals surface area contributed by atoms with E-state index in [0.29, 0.717) is 11.4 Å². The maximum absolute atomic E-state index is 5.68. The second kappa shape index (κ2) is 5.42. The molecule has 0 amide bonds. The van der Waals surface area contributed by atoms with Crippen LogP contribution in [-0.2, 0) is 0 Å². The second-order valence-electron chi connectivity index (χ2n) is 5.16. The van der Waals surface area contributed by atoms with Gasteiger partial charge in [0.1, 0.15) is 11.6 Å². The number of hydrogen-bond acceptors (Lipinski definition) is 5. The highest BCUT2D eigenvalue weighted by atomic mass is 15.1. The fraction of sp³-hybridized carbons (Fsp3) is 0.692. The molecular formula is C13H23N5. The van der Waals surface area contributed by atoms with E-state index in [1.54, 1.807) is 0 Å². The summed E-state index contributed by atoms with van der Waals surface area (Å²) in [6.07, 6.45) is 6.55. The minimum absolute atomic E-state index is 0.307. The van der Waals surface area contributed by atoms with Crippen molar-refractivity contribution in [3.63, 3.8) is 0 Å². The third kappa shape index (κ3) is 2.83. The lowest BCUT2D eigenvalue weighted by atomic mass is 9.83. The SMILES string of the molecule is CCC1(CNc2cc(NC)nc(N)n2)CCCC1. The van der Waals surface area contributed by atoms with Crippen LogP contribution in [0.5, 0.6) is 0 Å². The number of anilines is 3. The predicted octanol–water partition coefficient (Wildman–Crippen LogP) is 2.48. The van der Waals surface area contributed by atoms with Crippen LogP contribution >= 0.6 is 0 Å². The van der Waals surface area contributed by atoms with E-state index in [4.69, 9.17) is 5.73 Å². The van der Waals surface area contributed by atoms with Gasteiger partial charge in [0.05, 0.1) is 0 Å². The van der Waals surface area contributed by atoms with E-state index >= 15 is 0 Å². The highest BCUT2D eigenvalue weighted by molar-refractivity contribution is 5.50. The molecule has 0 radical (unpaired) electrons. The minimum Gasteiger partial charge on any atom is -0.373 e. The molecule has 1 saturated carbocycles. The fourth-order valence-electron chi connectivity index (χ4n) is 2.74. The largest absolute Gasteiger partial charge is 0.373 e. The molecule has 2 rings (SSSR count). The number of aromatic nitrogens is 2. The first kappa shape index (κ1) is 12.9. The van der Waals surface area contributed by atoms with E-state index in [2.05, 4.69) is 27.5 Å². The topological polar surface area (TPSA) is 75.9 Å². The zero-order chi connectivity index (χ0) is 13.0. The zero-order valence-corrected chi connectivity index (χ0v) is 11.3. The van der Waals surface area contributed by atoms with Gasteiger partial charge in [-0.25, -0.2) is 0 Å². The quantitative estimate of drug-likeness (QED) is 0.747. The van der Waals surface area contributed by atoms with Crippen molar-refractivity contribution in [2.45, 2.75) is 39.0 Å². The number of nitrogen functional groups attached to an aromatic ring is 1. The van der Waals surface area contributed by atoms with Gasteiger partial charge in [-0.1, -0.05) is 19.8 Å². The summed E-state index contributed by atoms with van der Waals surface area (Å²) >= 11 is 0. The maximum atomic E-state index is 5.68. The lowest BCUT2D eigenvalue weighted by Crippen LogP contribution is -2.26. The Morgan fingerprint density at radius 2 is 1.94 bits per heavy atom. The maximum Gasteiger partial charge on any atom is 0.223 e. The molecule has 0 saturated heterocycles. The van der Waals surface area contributed by atoms with Crippen molar-refractivity contribution in [2.24, 2.45) is 5.41 Å². The van der Waals surface area contributed by atoms with Crippen molar-refractivity contribution in [2.75, 3.05) is 30.0 Å².